The van der Waals surface area contributed by atoms with Crippen molar-refractivity contribution in [2.45, 2.75) is 41.0 Å². The number of ether oxygens (including phenoxy) is 6. The van der Waals surface area contributed by atoms with E-state index in [-0.39, 0.29) is 13.2 Å². The fourth-order valence-corrected chi connectivity index (χ4v) is 5.45. The first-order valence-electron chi connectivity index (χ1n) is 12.3. The van der Waals surface area contributed by atoms with Crippen molar-refractivity contribution in [3.05, 3.63) is 102 Å². The van der Waals surface area contributed by atoms with Crippen molar-refractivity contribution in [3.63, 3.8) is 0 Å². The molecule has 2 aliphatic rings. The van der Waals surface area contributed by atoms with Gasteiger partial charge in [-0.05, 0) is 24.3 Å². The molecular weight excluding hydrogens is 520 g/mol. The van der Waals surface area contributed by atoms with Crippen molar-refractivity contribution >= 4 is 23.9 Å². The van der Waals surface area contributed by atoms with Gasteiger partial charge in [0.05, 0.1) is 12.2 Å². The summed E-state index contributed by atoms with van der Waals surface area (Å²) in [5.41, 5.74) is 0.352. The van der Waals surface area contributed by atoms with Crippen LogP contribution >= 0.6 is 11.8 Å². The Morgan fingerprint density at radius 2 is 1.54 bits per heavy atom. The number of hydrogen-bond acceptors (Lipinski definition) is 9. The highest BCUT2D eigenvalue weighted by molar-refractivity contribution is 7.99. The maximum Gasteiger partial charge on any atom is 0.509 e. The van der Waals surface area contributed by atoms with Crippen LogP contribution in [0.5, 0.6) is 0 Å². The Hall–Kier alpha value is -3.81. The molecule has 0 bridgehead atoms. The summed E-state index contributed by atoms with van der Waals surface area (Å²) in [6.45, 7) is -0.104. The van der Waals surface area contributed by atoms with E-state index < -0.39 is 48.3 Å². The lowest BCUT2D eigenvalue weighted by atomic mass is 9.98. The van der Waals surface area contributed by atoms with Crippen molar-refractivity contribution in [3.8, 4) is 12.3 Å². The maximum atomic E-state index is 13.3. The second-order valence-electron chi connectivity index (χ2n) is 8.71. The Morgan fingerprint density at radius 1 is 0.872 bits per heavy atom. The van der Waals surface area contributed by atoms with Crippen molar-refractivity contribution in [1.29, 1.82) is 0 Å². The van der Waals surface area contributed by atoms with E-state index in [9.17, 15) is 9.59 Å². The molecule has 2 fully saturated rings. The van der Waals surface area contributed by atoms with Crippen LogP contribution in [0.2, 0.25) is 0 Å². The zero-order valence-corrected chi connectivity index (χ0v) is 21.6. The van der Waals surface area contributed by atoms with Crippen LogP contribution in [0.4, 0.5) is 4.79 Å². The van der Waals surface area contributed by atoms with Gasteiger partial charge in [-0.3, -0.25) is 0 Å². The Balaban J connectivity index is 1.48. The highest BCUT2D eigenvalue weighted by Gasteiger charge is 2.54. The Morgan fingerprint density at radius 3 is 2.23 bits per heavy atom. The smallest absolute Gasteiger partial charge is 0.452 e. The van der Waals surface area contributed by atoms with Gasteiger partial charge in [0, 0.05) is 10.5 Å². The summed E-state index contributed by atoms with van der Waals surface area (Å²) in [6.07, 6.45) is -0.0668. The molecule has 6 atom stereocenters. The maximum absolute atomic E-state index is 13.3. The molecule has 200 valence electrons. The van der Waals surface area contributed by atoms with Gasteiger partial charge in [-0.2, -0.15) is 0 Å². The van der Waals surface area contributed by atoms with Crippen LogP contribution in [0.15, 0.2) is 95.9 Å². The second-order valence-corrected chi connectivity index (χ2v) is 9.88. The van der Waals surface area contributed by atoms with Crippen LogP contribution < -0.4 is 0 Å². The summed E-state index contributed by atoms with van der Waals surface area (Å²) in [6, 6.07) is 27.4. The number of carbonyl (C=O) groups excluding carboxylic acids is 2. The van der Waals surface area contributed by atoms with Gasteiger partial charge in [-0.1, -0.05) is 84.4 Å². The van der Waals surface area contributed by atoms with E-state index in [0.29, 0.717) is 5.56 Å². The van der Waals surface area contributed by atoms with Crippen LogP contribution in [0.25, 0.3) is 0 Å². The third kappa shape index (κ3) is 6.61. The summed E-state index contributed by atoms with van der Waals surface area (Å²) < 4.78 is 35.4. The first kappa shape index (κ1) is 26.8. The molecule has 0 unspecified atom stereocenters. The summed E-state index contributed by atoms with van der Waals surface area (Å²) in [4.78, 5) is 26.7. The first-order valence-corrected chi connectivity index (χ1v) is 13.2. The molecule has 8 nitrogen and oxygen atoms in total. The van der Waals surface area contributed by atoms with E-state index >= 15 is 0 Å². The molecule has 5 rings (SSSR count). The number of thioether (sulfide) groups is 1. The monoisotopic (exact) mass is 546 g/mol. The Bertz CT molecular complexity index is 1280. The molecule has 2 heterocycles. The molecule has 3 aromatic rings. The van der Waals surface area contributed by atoms with E-state index in [1.807, 2.05) is 60.7 Å². The molecule has 2 saturated heterocycles. The van der Waals surface area contributed by atoms with Crippen molar-refractivity contribution in [1.82, 2.24) is 0 Å². The zero-order chi connectivity index (χ0) is 27.0. The molecule has 0 aromatic heterocycles. The average molecular weight is 547 g/mol. The molecule has 9 heteroatoms. The second kappa shape index (κ2) is 12.8. The number of fused-ring (bicyclic) bond motifs is 1. The normalized spacial score (nSPS) is 25.9. The SMILES string of the molecule is C#CCOC(=O)O[C@@H]1[C@@H](OC(=O)c2ccccc2)[C@@H]2O[C@H](c3ccccc3)OC[C@H]2O[C@H]1Sc1ccccc1. The fraction of sp³-hybridized carbons (Fsp3) is 0.267. The minimum Gasteiger partial charge on any atom is -0.452 e. The molecule has 39 heavy (non-hydrogen) atoms. The lowest BCUT2D eigenvalue weighted by molar-refractivity contribution is -0.318. The van der Waals surface area contributed by atoms with E-state index in [4.69, 9.17) is 34.8 Å². The van der Waals surface area contributed by atoms with Crippen LogP contribution in [-0.2, 0) is 28.4 Å². The van der Waals surface area contributed by atoms with Gasteiger partial charge >= 0.3 is 12.1 Å². The first-order chi connectivity index (χ1) is 19.1. The minimum absolute atomic E-state index is 0.170. The Labute approximate surface area is 230 Å². The topological polar surface area (TPSA) is 89.5 Å². The molecule has 0 aliphatic carbocycles. The molecule has 0 radical (unpaired) electrons. The van der Waals surface area contributed by atoms with Gasteiger partial charge in [0.25, 0.3) is 0 Å². The van der Waals surface area contributed by atoms with E-state index in [2.05, 4.69) is 5.92 Å². The summed E-state index contributed by atoms with van der Waals surface area (Å²) >= 11 is 1.32. The number of carbonyl (C=O) groups is 2. The molecule has 0 spiro atoms. The van der Waals surface area contributed by atoms with Crippen LogP contribution in [0.1, 0.15) is 22.2 Å². The van der Waals surface area contributed by atoms with Crippen molar-refractivity contribution in [2.75, 3.05) is 13.2 Å². The number of terminal acetylenes is 1. The average Bonchev–Trinajstić information content (AvgIpc) is 2.99. The van der Waals surface area contributed by atoms with Crippen LogP contribution in [0, 0.1) is 12.3 Å². The number of benzene rings is 3. The lowest BCUT2D eigenvalue weighted by Crippen LogP contribution is -2.63. The predicted molar refractivity (Wildman–Crippen MR) is 142 cm³/mol. The number of hydrogen-bond donors (Lipinski definition) is 0. The number of esters is 1. The fourth-order valence-electron chi connectivity index (χ4n) is 4.33. The van der Waals surface area contributed by atoms with Crippen LogP contribution in [-0.4, -0.2) is 55.2 Å². The zero-order valence-electron chi connectivity index (χ0n) is 20.8. The van der Waals surface area contributed by atoms with Gasteiger partial charge < -0.3 is 28.4 Å². The van der Waals surface area contributed by atoms with Gasteiger partial charge in [-0.25, -0.2) is 9.59 Å². The Kier molecular flexibility index (Phi) is 8.81. The summed E-state index contributed by atoms with van der Waals surface area (Å²) in [7, 11) is 0. The molecule has 3 aromatic carbocycles. The molecule has 0 N–H and O–H groups in total. The highest BCUT2D eigenvalue weighted by atomic mass is 32.2. The van der Waals surface area contributed by atoms with Gasteiger partial charge in [0.15, 0.2) is 25.1 Å². The van der Waals surface area contributed by atoms with Crippen molar-refractivity contribution < 1.29 is 38.0 Å². The minimum atomic E-state index is -1.09. The molecule has 0 saturated carbocycles. The third-order valence-electron chi connectivity index (χ3n) is 6.11. The lowest BCUT2D eigenvalue weighted by Gasteiger charge is -2.48. The third-order valence-corrected chi connectivity index (χ3v) is 7.27. The van der Waals surface area contributed by atoms with E-state index in [1.165, 1.54) is 11.8 Å². The highest BCUT2D eigenvalue weighted by Crippen LogP contribution is 2.41. The van der Waals surface area contributed by atoms with Gasteiger partial charge in [0.1, 0.15) is 17.6 Å². The molecule has 2 aliphatic heterocycles. The van der Waals surface area contributed by atoms with Crippen LogP contribution in [0.3, 0.4) is 0 Å². The molecule has 0 amide bonds. The largest absolute Gasteiger partial charge is 0.509 e. The number of rotatable bonds is 7. The van der Waals surface area contributed by atoms with Gasteiger partial charge in [-0.15, -0.1) is 6.42 Å². The summed E-state index contributed by atoms with van der Waals surface area (Å²) in [5, 5.41) is 0. The van der Waals surface area contributed by atoms with Gasteiger partial charge in [0.2, 0.25) is 0 Å². The summed E-state index contributed by atoms with van der Waals surface area (Å²) in [5.74, 6) is 1.64. The van der Waals surface area contributed by atoms with E-state index in [1.54, 1.807) is 30.3 Å². The van der Waals surface area contributed by atoms with Crippen molar-refractivity contribution in [2.24, 2.45) is 0 Å². The molecular formula is C30H26O8S. The predicted octanol–water partition coefficient (Wildman–Crippen LogP) is 5.00. The van der Waals surface area contributed by atoms with E-state index in [0.717, 1.165) is 10.5 Å². The standard InChI is InChI=1S/C30H26O8S/c1-2-18-33-30(32)38-26-25(36-27(31)20-12-6-3-7-13-20)24-23(35-29(26)39-22-16-10-5-11-17-22)19-34-28(37-24)21-14-8-4-9-15-21/h1,3-17,23-26,28-29H,18-19H2/t23-,24-,25+,26-,28-,29+/m1/s1. The quantitative estimate of drug-likeness (QED) is 0.300.